The minimum Gasteiger partial charge on any atom is -0.364 e. The van der Waals surface area contributed by atoms with Gasteiger partial charge in [0.05, 0.1) is 27.5 Å². The molecule has 2 N–H and O–H groups in total. The third-order valence-corrected chi connectivity index (χ3v) is 5.36. The Morgan fingerprint density at radius 2 is 1.96 bits per heavy atom. The Morgan fingerprint density at radius 1 is 1.24 bits per heavy atom. The van der Waals surface area contributed by atoms with Crippen LogP contribution in [0.15, 0.2) is 30.3 Å². The van der Waals surface area contributed by atoms with E-state index in [-0.39, 0.29) is 16.6 Å². The van der Waals surface area contributed by atoms with Gasteiger partial charge in [-0.05, 0) is 43.2 Å². The number of aromatic nitrogens is 1. The van der Waals surface area contributed by atoms with Gasteiger partial charge in [-0.3, -0.25) is 14.5 Å². The maximum atomic E-state index is 13.9. The van der Waals surface area contributed by atoms with Crippen LogP contribution in [0.1, 0.15) is 41.9 Å². The first-order valence-electron chi connectivity index (χ1n) is 8.05. The van der Waals surface area contributed by atoms with Gasteiger partial charge in [-0.25, -0.2) is 9.37 Å². The third-order valence-electron chi connectivity index (χ3n) is 5.05. The Labute approximate surface area is 148 Å². The monoisotopic (exact) mass is 359 g/mol. The molecule has 0 bridgehead atoms. The van der Waals surface area contributed by atoms with E-state index in [1.54, 1.807) is 12.1 Å². The number of hydrogen-bond acceptors (Lipinski definition) is 3. The second kappa shape index (κ2) is 5.52. The van der Waals surface area contributed by atoms with Crippen LogP contribution in [0.5, 0.6) is 0 Å². The van der Waals surface area contributed by atoms with E-state index in [4.69, 9.17) is 17.3 Å². The molecule has 1 saturated carbocycles. The summed E-state index contributed by atoms with van der Waals surface area (Å²) < 4.78 is 13.9. The van der Waals surface area contributed by atoms with E-state index in [1.807, 2.05) is 0 Å². The Bertz CT molecular complexity index is 909. The fourth-order valence-electron chi connectivity index (χ4n) is 3.86. The number of fused-ring (bicyclic) bond motifs is 2. The van der Waals surface area contributed by atoms with E-state index in [9.17, 15) is 14.0 Å². The lowest BCUT2D eigenvalue weighted by Gasteiger charge is -2.23. The van der Waals surface area contributed by atoms with Gasteiger partial charge < -0.3 is 5.73 Å². The fraction of sp³-hybridized carbons (Fsp3) is 0.278. The molecule has 1 aromatic heterocycles. The van der Waals surface area contributed by atoms with E-state index in [1.165, 1.54) is 23.1 Å². The van der Waals surface area contributed by atoms with Crippen LogP contribution in [0.2, 0.25) is 5.02 Å². The highest BCUT2D eigenvalue weighted by molar-refractivity contribution is 6.30. The molecule has 5 nitrogen and oxygen atoms in total. The maximum absolute atomic E-state index is 13.9. The molecule has 0 unspecified atom stereocenters. The van der Waals surface area contributed by atoms with Crippen molar-refractivity contribution in [3.8, 4) is 0 Å². The second-order valence-electron chi connectivity index (χ2n) is 6.46. The van der Waals surface area contributed by atoms with Crippen LogP contribution in [0, 0.1) is 5.82 Å². The predicted octanol–water partition coefficient (Wildman–Crippen LogP) is 3.46. The van der Waals surface area contributed by atoms with Crippen molar-refractivity contribution in [3.63, 3.8) is 0 Å². The van der Waals surface area contributed by atoms with Crippen molar-refractivity contribution < 1.29 is 14.0 Å². The van der Waals surface area contributed by atoms with Crippen LogP contribution < -0.4 is 10.6 Å². The molecule has 128 valence electrons. The van der Waals surface area contributed by atoms with Crippen molar-refractivity contribution >= 4 is 34.8 Å². The summed E-state index contributed by atoms with van der Waals surface area (Å²) in [6, 6.07) is 7.40. The van der Waals surface area contributed by atoms with Crippen LogP contribution in [0.3, 0.4) is 0 Å². The Hall–Kier alpha value is -2.47. The summed E-state index contributed by atoms with van der Waals surface area (Å²) in [4.78, 5) is 30.7. The number of anilines is 2. The number of carbonyl (C=O) groups is 2. The number of primary amides is 1. The summed E-state index contributed by atoms with van der Waals surface area (Å²) >= 11 is 5.76. The first kappa shape index (κ1) is 16.0. The van der Waals surface area contributed by atoms with Gasteiger partial charge in [0.15, 0.2) is 0 Å². The zero-order chi connectivity index (χ0) is 17.8. The van der Waals surface area contributed by atoms with Gasteiger partial charge in [-0.2, -0.15) is 0 Å². The SMILES string of the molecule is NC(=O)c1ccc2c(n1)C1(CCCC1)C(=O)N2c1ccc(Cl)c(F)c1. The highest BCUT2D eigenvalue weighted by atomic mass is 35.5. The van der Waals surface area contributed by atoms with E-state index >= 15 is 0 Å². The molecule has 2 heterocycles. The third kappa shape index (κ3) is 2.24. The zero-order valence-corrected chi connectivity index (χ0v) is 14.0. The van der Waals surface area contributed by atoms with Crippen LogP contribution >= 0.6 is 11.6 Å². The van der Waals surface area contributed by atoms with Crippen molar-refractivity contribution in [1.29, 1.82) is 0 Å². The van der Waals surface area contributed by atoms with Gasteiger partial charge in [0.25, 0.3) is 5.91 Å². The van der Waals surface area contributed by atoms with Gasteiger partial charge in [0, 0.05) is 0 Å². The van der Waals surface area contributed by atoms with Crippen LogP contribution in [0.25, 0.3) is 0 Å². The topological polar surface area (TPSA) is 76.3 Å². The molecule has 0 saturated heterocycles. The molecular weight excluding hydrogens is 345 g/mol. The van der Waals surface area contributed by atoms with E-state index in [0.717, 1.165) is 12.8 Å². The number of benzene rings is 1. The lowest BCUT2D eigenvalue weighted by Crippen LogP contribution is -2.36. The summed E-state index contributed by atoms with van der Waals surface area (Å²) in [5.74, 6) is -1.38. The highest BCUT2D eigenvalue weighted by Crippen LogP contribution is 2.52. The molecule has 2 amide bonds. The Kier molecular flexibility index (Phi) is 3.54. The summed E-state index contributed by atoms with van der Waals surface area (Å²) in [7, 11) is 0. The number of nitrogens with zero attached hydrogens (tertiary/aromatic N) is 2. The van der Waals surface area contributed by atoms with Crippen molar-refractivity contribution in [2.75, 3.05) is 4.90 Å². The van der Waals surface area contributed by atoms with E-state index in [0.29, 0.717) is 29.9 Å². The van der Waals surface area contributed by atoms with Gasteiger partial charge in [0.2, 0.25) is 5.91 Å². The molecule has 1 aliphatic heterocycles. The smallest absolute Gasteiger partial charge is 0.267 e. The zero-order valence-electron chi connectivity index (χ0n) is 13.3. The average Bonchev–Trinajstić information content (AvgIpc) is 3.16. The second-order valence-corrected chi connectivity index (χ2v) is 6.86. The number of nitrogens with two attached hydrogens (primary N) is 1. The molecule has 1 spiro atoms. The number of halogens is 2. The van der Waals surface area contributed by atoms with E-state index < -0.39 is 17.1 Å². The number of rotatable bonds is 2. The number of pyridine rings is 1. The highest BCUT2D eigenvalue weighted by Gasteiger charge is 2.54. The lowest BCUT2D eigenvalue weighted by molar-refractivity contribution is -0.122. The Morgan fingerprint density at radius 3 is 2.60 bits per heavy atom. The molecule has 7 heteroatoms. The average molecular weight is 360 g/mol. The van der Waals surface area contributed by atoms with E-state index in [2.05, 4.69) is 4.98 Å². The Balaban J connectivity index is 1.92. The van der Waals surface area contributed by atoms with Gasteiger partial charge in [0.1, 0.15) is 11.5 Å². The lowest BCUT2D eigenvalue weighted by atomic mass is 9.83. The summed E-state index contributed by atoms with van der Waals surface area (Å²) in [5.41, 5.74) is 6.23. The first-order valence-corrected chi connectivity index (χ1v) is 8.43. The standard InChI is InChI=1S/C18H15ClFN3O2/c19-11-4-3-10(9-12(11)20)23-14-6-5-13(16(21)24)22-15(14)18(17(23)25)7-1-2-8-18/h3-6,9H,1-2,7-8H2,(H2,21,24). The maximum Gasteiger partial charge on any atom is 0.267 e. The van der Waals surface area contributed by atoms with Crippen LogP contribution in [-0.2, 0) is 10.2 Å². The van der Waals surface area contributed by atoms with Crippen molar-refractivity contribution in [1.82, 2.24) is 4.98 Å². The fourth-order valence-corrected chi connectivity index (χ4v) is 3.97. The van der Waals surface area contributed by atoms with Gasteiger partial charge >= 0.3 is 0 Å². The van der Waals surface area contributed by atoms with Gasteiger partial charge in [-0.15, -0.1) is 0 Å². The summed E-state index contributed by atoms with van der Waals surface area (Å²) in [5, 5.41) is -0.00611. The van der Waals surface area contributed by atoms with Crippen molar-refractivity contribution in [2.24, 2.45) is 5.73 Å². The minimum absolute atomic E-state index is 0.00611. The molecule has 4 rings (SSSR count). The number of hydrogen-bond donors (Lipinski definition) is 1. The molecule has 1 aromatic carbocycles. The molecule has 2 aromatic rings. The normalized spacial score (nSPS) is 18.0. The summed E-state index contributed by atoms with van der Waals surface area (Å²) in [6.07, 6.45) is 3.11. The van der Waals surface area contributed by atoms with Crippen molar-refractivity contribution in [3.05, 3.63) is 52.6 Å². The molecule has 2 aliphatic rings. The molecule has 0 atom stereocenters. The van der Waals surface area contributed by atoms with Gasteiger partial charge in [-0.1, -0.05) is 24.4 Å². The first-order chi connectivity index (χ1) is 11.9. The molecule has 1 fully saturated rings. The number of carbonyl (C=O) groups excluding carboxylic acids is 2. The largest absolute Gasteiger partial charge is 0.364 e. The van der Waals surface area contributed by atoms with Crippen LogP contribution in [0.4, 0.5) is 15.8 Å². The summed E-state index contributed by atoms with van der Waals surface area (Å²) in [6.45, 7) is 0. The number of amides is 2. The molecule has 25 heavy (non-hydrogen) atoms. The van der Waals surface area contributed by atoms with Crippen LogP contribution in [-0.4, -0.2) is 16.8 Å². The predicted molar refractivity (Wildman–Crippen MR) is 91.5 cm³/mol. The van der Waals surface area contributed by atoms with Crippen molar-refractivity contribution in [2.45, 2.75) is 31.1 Å². The molecule has 0 radical (unpaired) electrons. The minimum atomic E-state index is -0.767. The quantitative estimate of drug-likeness (QED) is 0.892. The molecule has 1 aliphatic carbocycles. The molecular formula is C18H15ClFN3O2.